The van der Waals surface area contributed by atoms with Crippen molar-refractivity contribution in [1.29, 1.82) is 0 Å². The van der Waals surface area contributed by atoms with E-state index in [-0.39, 0.29) is 12.1 Å². The van der Waals surface area contributed by atoms with Crippen molar-refractivity contribution in [2.24, 2.45) is 5.92 Å². The van der Waals surface area contributed by atoms with Gasteiger partial charge in [0.25, 0.3) is 0 Å². The number of hydrogen-bond acceptors (Lipinski definition) is 2. The van der Waals surface area contributed by atoms with Gasteiger partial charge in [-0.25, -0.2) is 9.59 Å². The molecule has 0 bridgehead atoms. The number of urea groups is 1. The molecule has 0 radical (unpaired) electrons. The average Bonchev–Trinajstić information content (AvgIpc) is 2.93. The number of carboxylic acid groups (broad SMARTS) is 1. The van der Waals surface area contributed by atoms with Gasteiger partial charge in [0.05, 0.1) is 0 Å². The van der Waals surface area contributed by atoms with Gasteiger partial charge in [-0.3, -0.25) is 0 Å². The van der Waals surface area contributed by atoms with Gasteiger partial charge in [0, 0.05) is 6.04 Å². The molecule has 1 fully saturated rings. The molecule has 1 aliphatic rings. The van der Waals surface area contributed by atoms with Crippen molar-refractivity contribution < 1.29 is 14.7 Å². The molecule has 92 valence electrons. The van der Waals surface area contributed by atoms with Crippen molar-refractivity contribution in [1.82, 2.24) is 10.6 Å². The number of carboxylic acids is 1. The monoisotopic (exact) mass is 228 g/mol. The van der Waals surface area contributed by atoms with Crippen LogP contribution in [0.1, 0.15) is 39.5 Å². The van der Waals surface area contributed by atoms with Crippen molar-refractivity contribution in [3.8, 4) is 0 Å². The lowest BCUT2D eigenvalue weighted by Gasteiger charge is -2.13. The highest BCUT2D eigenvalue weighted by Gasteiger charge is 2.37. The maximum absolute atomic E-state index is 11.4. The van der Waals surface area contributed by atoms with Crippen molar-refractivity contribution in [2.75, 3.05) is 0 Å². The number of carbonyl (C=O) groups excluding carboxylic acids is 1. The summed E-state index contributed by atoms with van der Waals surface area (Å²) in [6.07, 6.45) is 3.66. The predicted octanol–water partition coefficient (Wildman–Crippen LogP) is 1.34. The summed E-state index contributed by atoms with van der Waals surface area (Å²) < 4.78 is 0. The molecule has 2 amide bonds. The van der Waals surface area contributed by atoms with Crippen LogP contribution in [0.25, 0.3) is 0 Å². The van der Waals surface area contributed by atoms with Crippen LogP contribution in [0.5, 0.6) is 0 Å². The number of hydrogen-bond donors (Lipinski definition) is 3. The van der Waals surface area contributed by atoms with Crippen LogP contribution in [0, 0.1) is 5.92 Å². The van der Waals surface area contributed by atoms with Crippen LogP contribution in [0.3, 0.4) is 0 Å². The highest BCUT2D eigenvalue weighted by molar-refractivity contribution is 5.82. The summed E-state index contributed by atoms with van der Waals surface area (Å²) in [7, 11) is 0. The van der Waals surface area contributed by atoms with Crippen LogP contribution < -0.4 is 10.6 Å². The summed E-state index contributed by atoms with van der Waals surface area (Å²) in [4.78, 5) is 22.1. The Morgan fingerprint density at radius 2 is 2.12 bits per heavy atom. The van der Waals surface area contributed by atoms with Crippen LogP contribution in [0.4, 0.5) is 4.79 Å². The van der Waals surface area contributed by atoms with E-state index in [1.165, 1.54) is 0 Å². The molecule has 5 nitrogen and oxygen atoms in total. The zero-order valence-electron chi connectivity index (χ0n) is 9.82. The Balaban J connectivity index is 2.24. The zero-order valence-corrected chi connectivity index (χ0v) is 9.82. The first-order valence-electron chi connectivity index (χ1n) is 5.88. The van der Waals surface area contributed by atoms with Gasteiger partial charge in [-0.2, -0.15) is 0 Å². The first kappa shape index (κ1) is 12.8. The molecule has 0 spiro atoms. The molecule has 16 heavy (non-hydrogen) atoms. The summed E-state index contributed by atoms with van der Waals surface area (Å²) in [5.74, 6) is -0.404. The summed E-state index contributed by atoms with van der Waals surface area (Å²) in [5, 5.41) is 14.0. The van der Waals surface area contributed by atoms with Crippen LogP contribution >= 0.6 is 0 Å². The molecule has 1 aliphatic carbocycles. The quantitative estimate of drug-likeness (QED) is 0.642. The number of aliphatic carboxylic acids is 1. The van der Waals surface area contributed by atoms with Crippen molar-refractivity contribution in [3.05, 3.63) is 0 Å². The van der Waals surface area contributed by atoms with E-state index >= 15 is 0 Å². The van der Waals surface area contributed by atoms with Gasteiger partial charge >= 0.3 is 12.0 Å². The van der Waals surface area contributed by atoms with E-state index in [1.54, 1.807) is 6.92 Å². The number of amides is 2. The molecule has 0 aromatic carbocycles. The summed E-state index contributed by atoms with van der Waals surface area (Å²) in [6, 6.07) is -0.910. The maximum atomic E-state index is 11.4. The molecule has 0 aliphatic heterocycles. The number of rotatable bonds is 6. The Bertz CT molecular complexity index is 268. The Labute approximate surface area is 95.6 Å². The molecular weight excluding hydrogens is 208 g/mol. The van der Waals surface area contributed by atoms with Crippen LogP contribution in [-0.2, 0) is 4.79 Å². The number of nitrogens with one attached hydrogen (secondary N) is 2. The van der Waals surface area contributed by atoms with Gasteiger partial charge in [0.1, 0.15) is 6.04 Å². The van der Waals surface area contributed by atoms with Gasteiger partial charge in [-0.15, -0.1) is 0 Å². The predicted molar refractivity (Wildman–Crippen MR) is 60.2 cm³/mol. The number of carbonyl (C=O) groups is 2. The molecule has 0 saturated heterocycles. The van der Waals surface area contributed by atoms with Crippen molar-refractivity contribution >= 4 is 12.0 Å². The van der Waals surface area contributed by atoms with Gasteiger partial charge in [-0.05, 0) is 25.2 Å². The second-order valence-electron chi connectivity index (χ2n) is 4.31. The van der Waals surface area contributed by atoms with E-state index in [9.17, 15) is 9.59 Å². The van der Waals surface area contributed by atoms with Crippen LogP contribution in [0.2, 0.25) is 0 Å². The average molecular weight is 228 g/mol. The minimum atomic E-state index is -0.987. The Morgan fingerprint density at radius 3 is 2.62 bits per heavy atom. The Kier molecular flexibility index (Phi) is 4.58. The molecule has 3 N–H and O–H groups in total. The fourth-order valence-corrected chi connectivity index (χ4v) is 1.82. The molecule has 1 saturated carbocycles. The highest BCUT2D eigenvalue weighted by Crippen LogP contribution is 2.34. The van der Waals surface area contributed by atoms with Crippen molar-refractivity contribution in [3.63, 3.8) is 0 Å². The fraction of sp³-hybridized carbons (Fsp3) is 0.818. The minimum absolute atomic E-state index is 0.242. The first-order valence-corrected chi connectivity index (χ1v) is 5.88. The summed E-state index contributed by atoms with van der Waals surface area (Å²) in [5.41, 5.74) is 0. The van der Waals surface area contributed by atoms with Crippen LogP contribution in [0.15, 0.2) is 0 Å². The zero-order chi connectivity index (χ0) is 12.1. The Morgan fingerprint density at radius 1 is 1.44 bits per heavy atom. The first-order chi connectivity index (χ1) is 7.58. The third-order valence-electron chi connectivity index (χ3n) is 2.91. The lowest BCUT2D eigenvalue weighted by Crippen LogP contribution is -2.46. The molecule has 1 rings (SSSR count). The van der Waals surface area contributed by atoms with Gasteiger partial charge in [0.15, 0.2) is 0 Å². The lowest BCUT2D eigenvalue weighted by atomic mass is 10.2. The van der Waals surface area contributed by atoms with Crippen molar-refractivity contribution in [2.45, 2.75) is 51.6 Å². The van der Waals surface area contributed by atoms with E-state index < -0.39 is 12.0 Å². The molecule has 0 heterocycles. The molecule has 5 heteroatoms. The van der Waals surface area contributed by atoms with Gasteiger partial charge in [0.2, 0.25) is 0 Å². The summed E-state index contributed by atoms with van der Waals surface area (Å²) in [6.45, 7) is 3.85. The van der Waals surface area contributed by atoms with Gasteiger partial charge < -0.3 is 15.7 Å². The smallest absolute Gasteiger partial charge is 0.326 e. The standard InChI is InChI=1S/C11H20N2O3/c1-3-5-7-6-9(7)13-11(16)12-8(4-2)10(14)15/h7-9H,3-6H2,1-2H3,(H,14,15)(H2,12,13,16)/t7?,8-,9?/m0/s1. The largest absolute Gasteiger partial charge is 0.480 e. The van der Waals surface area contributed by atoms with Gasteiger partial charge in [-0.1, -0.05) is 20.3 Å². The molecule has 0 aromatic heterocycles. The van der Waals surface area contributed by atoms with E-state index in [0.717, 1.165) is 19.3 Å². The SMILES string of the molecule is CCCC1CC1NC(=O)N[C@@H](CC)C(=O)O. The highest BCUT2D eigenvalue weighted by atomic mass is 16.4. The molecule has 2 unspecified atom stereocenters. The Hall–Kier alpha value is -1.26. The fourth-order valence-electron chi connectivity index (χ4n) is 1.82. The molecule has 0 aromatic rings. The van der Waals surface area contributed by atoms with E-state index in [2.05, 4.69) is 17.6 Å². The third-order valence-corrected chi connectivity index (χ3v) is 2.91. The minimum Gasteiger partial charge on any atom is -0.480 e. The van der Waals surface area contributed by atoms with E-state index in [1.807, 2.05) is 0 Å². The lowest BCUT2D eigenvalue weighted by molar-refractivity contribution is -0.139. The van der Waals surface area contributed by atoms with E-state index in [4.69, 9.17) is 5.11 Å². The molecule has 3 atom stereocenters. The normalized spacial score (nSPS) is 24.6. The second-order valence-corrected chi connectivity index (χ2v) is 4.31. The maximum Gasteiger partial charge on any atom is 0.326 e. The van der Waals surface area contributed by atoms with Crippen LogP contribution in [-0.4, -0.2) is 29.2 Å². The second kappa shape index (κ2) is 5.72. The third kappa shape index (κ3) is 3.72. The summed E-state index contributed by atoms with van der Waals surface area (Å²) >= 11 is 0. The topological polar surface area (TPSA) is 78.4 Å². The van der Waals surface area contributed by atoms with E-state index in [0.29, 0.717) is 12.3 Å². The molecular formula is C11H20N2O3.